The molecule has 0 saturated carbocycles. The Morgan fingerprint density at radius 2 is 1.91 bits per heavy atom. The molecule has 2 aliphatic heterocycles. The molecule has 0 bridgehead atoms. The minimum Gasteiger partial charge on any atom is -0.454 e. The number of hydrogen-bond acceptors (Lipinski definition) is 6. The Bertz CT molecular complexity index is 1410. The first kappa shape index (κ1) is 22.0. The lowest BCUT2D eigenvalue weighted by molar-refractivity contribution is 0.173. The normalized spacial score (nSPS) is 16.1. The number of pyridine rings is 1. The largest absolute Gasteiger partial charge is 0.454 e. The van der Waals surface area contributed by atoms with Gasteiger partial charge in [-0.1, -0.05) is 17.7 Å². The van der Waals surface area contributed by atoms with Gasteiger partial charge in [0.15, 0.2) is 11.5 Å². The highest BCUT2D eigenvalue weighted by Crippen LogP contribution is 2.33. The highest BCUT2D eigenvalue weighted by Gasteiger charge is 2.22. The van der Waals surface area contributed by atoms with Gasteiger partial charge in [0.2, 0.25) is 6.79 Å². The molecule has 2 aromatic heterocycles. The molecule has 4 aromatic rings. The van der Waals surface area contributed by atoms with E-state index >= 15 is 0 Å². The Balaban J connectivity index is 1.17. The van der Waals surface area contributed by atoms with Crippen LogP contribution < -0.4 is 20.3 Å². The molecule has 0 atom stereocenters. The summed E-state index contributed by atoms with van der Waals surface area (Å²) in [6.07, 6.45) is 5.33. The topological polar surface area (TPSA) is 84.4 Å². The lowest BCUT2D eigenvalue weighted by Crippen LogP contribution is -2.39. The van der Waals surface area contributed by atoms with Gasteiger partial charge in [0, 0.05) is 54.0 Å². The van der Waals surface area contributed by atoms with Crippen LogP contribution in [0.15, 0.2) is 59.8 Å². The molecule has 0 radical (unpaired) electrons. The van der Waals surface area contributed by atoms with Crippen LogP contribution in [0, 0.1) is 0 Å². The summed E-state index contributed by atoms with van der Waals surface area (Å²) in [5.41, 5.74) is 3.72. The molecule has 0 aliphatic carbocycles. The van der Waals surface area contributed by atoms with E-state index in [9.17, 15) is 4.79 Å². The molecule has 0 amide bonds. The first-order valence-corrected chi connectivity index (χ1v) is 12.2. The molecular formula is C26H26ClN5O3. The maximum absolute atomic E-state index is 13.1. The predicted molar refractivity (Wildman–Crippen MR) is 135 cm³/mol. The van der Waals surface area contributed by atoms with Gasteiger partial charge < -0.3 is 24.3 Å². The molecule has 9 heteroatoms. The molecule has 8 nitrogen and oxygen atoms in total. The summed E-state index contributed by atoms with van der Waals surface area (Å²) >= 11 is 6.34. The van der Waals surface area contributed by atoms with Crippen LogP contribution in [-0.2, 0) is 13.1 Å². The number of nitrogens with one attached hydrogen (secondary N) is 2. The van der Waals surface area contributed by atoms with Crippen molar-refractivity contribution in [2.45, 2.75) is 32.0 Å². The zero-order chi connectivity index (χ0) is 23.8. The fraction of sp³-hybridized carbons (Fsp3) is 0.308. The summed E-state index contributed by atoms with van der Waals surface area (Å²) in [7, 11) is 0. The first-order valence-electron chi connectivity index (χ1n) is 11.8. The van der Waals surface area contributed by atoms with Crippen LogP contribution in [0.4, 0.5) is 5.69 Å². The van der Waals surface area contributed by atoms with E-state index in [1.165, 1.54) is 5.56 Å². The predicted octanol–water partition coefficient (Wildman–Crippen LogP) is 4.23. The molecule has 0 unspecified atom stereocenters. The zero-order valence-corrected chi connectivity index (χ0v) is 19.9. The van der Waals surface area contributed by atoms with Gasteiger partial charge in [-0.3, -0.25) is 9.69 Å². The number of piperidine rings is 1. The summed E-state index contributed by atoms with van der Waals surface area (Å²) in [6, 6.07) is 13.8. The minimum atomic E-state index is -0.0582. The molecular weight excluding hydrogens is 466 g/mol. The summed E-state index contributed by atoms with van der Waals surface area (Å²) in [5, 5.41) is 5.23. The van der Waals surface area contributed by atoms with Crippen LogP contribution >= 0.6 is 11.6 Å². The van der Waals surface area contributed by atoms with Gasteiger partial charge in [0.25, 0.3) is 5.56 Å². The Labute approximate surface area is 207 Å². The number of imidazole rings is 1. The van der Waals surface area contributed by atoms with Crippen LogP contribution in [0.5, 0.6) is 11.5 Å². The zero-order valence-electron chi connectivity index (χ0n) is 19.2. The number of rotatable bonds is 6. The second kappa shape index (κ2) is 9.28. The van der Waals surface area contributed by atoms with Crippen molar-refractivity contribution in [1.29, 1.82) is 0 Å². The highest BCUT2D eigenvalue weighted by atomic mass is 35.5. The third kappa shape index (κ3) is 4.59. The molecule has 6 rings (SSSR count). The van der Waals surface area contributed by atoms with E-state index < -0.39 is 0 Å². The Morgan fingerprint density at radius 3 is 2.74 bits per heavy atom. The number of likely N-dealkylation sites (tertiary alicyclic amines) is 1. The van der Waals surface area contributed by atoms with Crippen molar-refractivity contribution in [3.63, 3.8) is 0 Å². The number of nitrogens with zero attached hydrogens (tertiary/aromatic N) is 3. The molecule has 2 aromatic carbocycles. The Kier molecular flexibility index (Phi) is 5.83. The molecule has 4 heterocycles. The number of ether oxygens (including phenoxy) is 2. The van der Waals surface area contributed by atoms with Crippen LogP contribution in [0.2, 0.25) is 5.02 Å². The van der Waals surface area contributed by atoms with E-state index in [2.05, 4.69) is 32.3 Å². The molecule has 35 heavy (non-hydrogen) atoms. The fourth-order valence-electron chi connectivity index (χ4n) is 4.93. The Hall–Kier alpha value is -3.49. The molecule has 2 N–H and O–H groups in total. The lowest BCUT2D eigenvalue weighted by Gasteiger charge is -2.33. The van der Waals surface area contributed by atoms with E-state index in [0.29, 0.717) is 18.4 Å². The van der Waals surface area contributed by atoms with Crippen LogP contribution in [0.25, 0.3) is 10.9 Å². The quantitative estimate of drug-likeness (QED) is 0.420. The van der Waals surface area contributed by atoms with Gasteiger partial charge >= 0.3 is 0 Å². The van der Waals surface area contributed by atoms with Gasteiger partial charge in [-0.15, -0.1) is 0 Å². The van der Waals surface area contributed by atoms with Crippen molar-refractivity contribution in [2.24, 2.45) is 0 Å². The number of H-pyrrole nitrogens is 1. The molecule has 2 aliphatic rings. The molecule has 180 valence electrons. The van der Waals surface area contributed by atoms with E-state index in [1.807, 2.05) is 24.3 Å². The summed E-state index contributed by atoms with van der Waals surface area (Å²) in [5.74, 6) is 1.64. The minimum absolute atomic E-state index is 0.0582. The van der Waals surface area contributed by atoms with E-state index in [1.54, 1.807) is 23.2 Å². The number of aromatic nitrogens is 3. The SMILES string of the molecule is O=c1cc(NC2CCN(Cc3ccc4c(c3)OCO4)CC2)c2cc(Cl)ccc2n1Cc1cnc[nH]1. The smallest absolute Gasteiger partial charge is 0.253 e. The van der Waals surface area contributed by atoms with Gasteiger partial charge in [-0.25, -0.2) is 4.98 Å². The van der Waals surface area contributed by atoms with Gasteiger partial charge in [0.1, 0.15) is 0 Å². The number of fused-ring (bicyclic) bond motifs is 2. The number of aromatic amines is 1. The maximum Gasteiger partial charge on any atom is 0.253 e. The van der Waals surface area contributed by atoms with E-state index in [4.69, 9.17) is 21.1 Å². The van der Waals surface area contributed by atoms with E-state index in [0.717, 1.165) is 66.3 Å². The van der Waals surface area contributed by atoms with Crippen molar-refractivity contribution in [2.75, 3.05) is 25.2 Å². The average Bonchev–Trinajstić information content (AvgIpc) is 3.54. The van der Waals surface area contributed by atoms with Crippen LogP contribution in [-0.4, -0.2) is 45.4 Å². The number of hydrogen-bond donors (Lipinski definition) is 2. The van der Waals surface area contributed by atoms with Gasteiger partial charge in [0.05, 0.1) is 24.1 Å². The molecule has 1 saturated heterocycles. The standard InChI is InChI=1S/C26H26ClN5O3/c27-18-2-3-23-21(10-18)22(11-26(33)32(23)14-20-12-28-15-29-20)30-19-5-7-31(8-6-19)13-17-1-4-24-25(9-17)35-16-34-24/h1-4,9-12,15,19,30H,5-8,13-14,16H2,(H,28,29). The second-order valence-electron chi connectivity index (χ2n) is 9.10. The average molecular weight is 492 g/mol. The van der Waals surface area contributed by atoms with Crippen molar-refractivity contribution < 1.29 is 9.47 Å². The third-order valence-electron chi connectivity index (χ3n) is 6.75. The van der Waals surface area contributed by atoms with Crippen molar-refractivity contribution in [3.8, 4) is 11.5 Å². The highest BCUT2D eigenvalue weighted by molar-refractivity contribution is 6.31. The Morgan fingerprint density at radius 1 is 1.06 bits per heavy atom. The molecule has 1 fully saturated rings. The third-order valence-corrected chi connectivity index (χ3v) is 6.98. The number of anilines is 1. The van der Waals surface area contributed by atoms with Crippen molar-refractivity contribution >= 4 is 28.2 Å². The van der Waals surface area contributed by atoms with Crippen molar-refractivity contribution in [3.05, 3.63) is 81.6 Å². The number of halogens is 1. The molecule has 0 spiro atoms. The second-order valence-corrected chi connectivity index (χ2v) is 9.54. The lowest BCUT2D eigenvalue weighted by atomic mass is 10.0. The fourth-order valence-corrected chi connectivity index (χ4v) is 5.11. The maximum atomic E-state index is 13.1. The summed E-state index contributed by atoms with van der Waals surface area (Å²) in [6.45, 7) is 3.55. The van der Waals surface area contributed by atoms with Gasteiger partial charge in [-0.05, 0) is 48.7 Å². The summed E-state index contributed by atoms with van der Waals surface area (Å²) < 4.78 is 12.7. The number of benzene rings is 2. The van der Waals surface area contributed by atoms with E-state index in [-0.39, 0.29) is 11.6 Å². The van der Waals surface area contributed by atoms with Gasteiger partial charge in [-0.2, -0.15) is 0 Å². The van der Waals surface area contributed by atoms with Crippen LogP contribution in [0.1, 0.15) is 24.1 Å². The first-order chi connectivity index (χ1) is 17.1. The summed E-state index contributed by atoms with van der Waals surface area (Å²) in [4.78, 5) is 22.7. The van der Waals surface area contributed by atoms with Crippen LogP contribution in [0.3, 0.4) is 0 Å². The monoisotopic (exact) mass is 491 g/mol. The van der Waals surface area contributed by atoms with Crippen molar-refractivity contribution in [1.82, 2.24) is 19.4 Å².